The number of carbonyl (C=O) groups excluding carboxylic acids is 1. The van der Waals surface area contributed by atoms with Gasteiger partial charge in [0.25, 0.3) is 5.91 Å². The van der Waals surface area contributed by atoms with Crippen molar-refractivity contribution >= 4 is 5.91 Å². The van der Waals surface area contributed by atoms with E-state index in [0.29, 0.717) is 11.8 Å². The van der Waals surface area contributed by atoms with Crippen LogP contribution in [0.25, 0.3) is 0 Å². The molecule has 0 spiro atoms. The van der Waals surface area contributed by atoms with Crippen molar-refractivity contribution in [1.29, 1.82) is 0 Å². The topological polar surface area (TPSA) is 44.9 Å². The molecule has 25 heavy (non-hydrogen) atoms. The Morgan fingerprint density at radius 2 is 1.84 bits per heavy atom. The number of aromatic amines is 1. The maximum atomic E-state index is 12.9. The van der Waals surface area contributed by atoms with E-state index < -0.39 is 17.6 Å². The van der Waals surface area contributed by atoms with Crippen molar-refractivity contribution < 1.29 is 18.0 Å². The molecule has 1 unspecified atom stereocenters. The Labute approximate surface area is 145 Å². The maximum absolute atomic E-state index is 12.9. The summed E-state index contributed by atoms with van der Waals surface area (Å²) < 4.78 is 38.7. The lowest BCUT2D eigenvalue weighted by atomic mass is 9.89. The Bertz CT molecular complexity index is 719. The van der Waals surface area contributed by atoms with E-state index in [2.05, 4.69) is 31.1 Å². The number of benzene rings is 1. The molecule has 2 rings (SSSR count). The van der Waals surface area contributed by atoms with Crippen LogP contribution in [0.2, 0.25) is 0 Å². The standard InChI is InChI=1S/C19H23F3N2O/c1-12(2)8-13(3)15-7-5-4-6-14(15)9-24-18(25)16-10-23-11-17(16)19(20,21)22/h4-7,10-13,23H,8-9H2,1-3H3,(H,24,25). The van der Waals surface area contributed by atoms with Crippen LogP contribution in [-0.4, -0.2) is 10.9 Å². The predicted octanol–water partition coefficient (Wildman–Crippen LogP) is 5.11. The van der Waals surface area contributed by atoms with E-state index in [4.69, 9.17) is 0 Å². The third-order valence-electron chi connectivity index (χ3n) is 4.15. The molecule has 1 atom stereocenters. The molecule has 0 aliphatic heterocycles. The highest BCUT2D eigenvalue weighted by molar-refractivity contribution is 5.95. The van der Waals surface area contributed by atoms with Gasteiger partial charge in [0.1, 0.15) is 0 Å². The first-order valence-corrected chi connectivity index (χ1v) is 8.30. The van der Waals surface area contributed by atoms with Crippen LogP contribution in [0.15, 0.2) is 36.7 Å². The van der Waals surface area contributed by atoms with Crippen molar-refractivity contribution in [3.8, 4) is 0 Å². The van der Waals surface area contributed by atoms with E-state index in [0.717, 1.165) is 29.9 Å². The van der Waals surface area contributed by atoms with Crippen molar-refractivity contribution in [1.82, 2.24) is 10.3 Å². The number of alkyl halides is 3. The zero-order chi connectivity index (χ0) is 18.6. The van der Waals surface area contributed by atoms with E-state index in [1.807, 2.05) is 24.3 Å². The molecule has 0 saturated heterocycles. The van der Waals surface area contributed by atoms with Gasteiger partial charge in [0.15, 0.2) is 0 Å². The molecular formula is C19H23F3N2O. The number of amides is 1. The second-order valence-electron chi connectivity index (χ2n) is 6.69. The number of hydrogen-bond donors (Lipinski definition) is 2. The van der Waals surface area contributed by atoms with Gasteiger partial charge in [-0.1, -0.05) is 45.0 Å². The number of hydrogen-bond acceptors (Lipinski definition) is 1. The first-order chi connectivity index (χ1) is 11.7. The van der Waals surface area contributed by atoms with Crippen molar-refractivity contribution in [3.63, 3.8) is 0 Å². The molecule has 3 nitrogen and oxygen atoms in total. The first-order valence-electron chi connectivity index (χ1n) is 8.30. The van der Waals surface area contributed by atoms with Crippen LogP contribution >= 0.6 is 0 Å². The van der Waals surface area contributed by atoms with Gasteiger partial charge in [-0.3, -0.25) is 4.79 Å². The highest BCUT2D eigenvalue weighted by Gasteiger charge is 2.36. The summed E-state index contributed by atoms with van der Waals surface area (Å²) in [6, 6.07) is 7.70. The summed E-state index contributed by atoms with van der Waals surface area (Å²) in [4.78, 5) is 14.5. The molecule has 1 aromatic heterocycles. The summed E-state index contributed by atoms with van der Waals surface area (Å²) in [7, 11) is 0. The van der Waals surface area contributed by atoms with Gasteiger partial charge in [-0.25, -0.2) is 0 Å². The SMILES string of the molecule is CC(C)CC(C)c1ccccc1CNC(=O)c1c[nH]cc1C(F)(F)F. The monoisotopic (exact) mass is 352 g/mol. The molecule has 136 valence electrons. The molecule has 0 radical (unpaired) electrons. The van der Waals surface area contributed by atoms with Gasteiger partial charge < -0.3 is 10.3 Å². The zero-order valence-electron chi connectivity index (χ0n) is 14.6. The molecule has 2 aromatic rings. The van der Waals surface area contributed by atoms with Crippen LogP contribution in [-0.2, 0) is 12.7 Å². The van der Waals surface area contributed by atoms with E-state index in [1.54, 1.807) is 0 Å². The van der Waals surface area contributed by atoms with Crippen molar-refractivity contribution in [2.24, 2.45) is 5.92 Å². The summed E-state index contributed by atoms with van der Waals surface area (Å²) in [5.74, 6) is 0.109. The Hall–Kier alpha value is -2.24. The molecule has 6 heteroatoms. The average Bonchev–Trinajstić information content (AvgIpc) is 3.02. The van der Waals surface area contributed by atoms with Crippen LogP contribution in [0.4, 0.5) is 13.2 Å². The third kappa shape index (κ3) is 4.87. The fourth-order valence-corrected chi connectivity index (χ4v) is 3.07. The molecular weight excluding hydrogens is 329 g/mol. The summed E-state index contributed by atoms with van der Waals surface area (Å²) in [5.41, 5.74) is 0.696. The summed E-state index contributed by atoms with van der Waals surface area (Å²) in [5, 5.41) is 2.60. The van der Waals surface area contributed by atoms with E-state index in [1.165, 1.54) is 0 Å². The van der Waals surface area contributed by atoms with Gasteiger partial charge in [-0.15, -0.1) is 0 Å². The molecule has 1 heterocycles. The Balaban J connectivity index is 2.12. The number of nitrogens with one attached hydrogen (secondary N) is 2. The lowest BCUT2D eigenvalue weighted by molar-refractivity contribution is -0.137. The van der Waals surface area contributed by atoms with Gasteiger partial charge in [-0.2, -0.15) is 13.2 Å². The molecule has 1 aromatic carbocycles. The van der Waals surface area contributed by atoms with Crippen molar-refractivity contribution in [3.05, 3.63) is 58.9 Å². The maximum Gasteiger partial charge on any atom is 0.418 e. The van der Waals surface area contributed by atoms with E-state index in [-0.39, 0.29) is 12.1 Å². The summed E-state index contributed by atoms with van der Waals surface area (Å²) in [6.07, 6.45) is -1.68. The summed E-state index contributed by atoms with van der Waals surface area (Å²) in [6.45, 7) is 6.60. The minimum absolute atomic E-state index is 0.194. The second-order valence-corrected chi connectivity index (χ2v) is 6.69. The van der Waals surface area contributed by atoms with Gasteiger partial charge in [-0.05, 0) is 29.4 Å². The van der Waals surface area contributed by atoms with Gasteiger partial charge in [0.2, 0.25) is 0 Å². The largest absolute Gasteiger partial charge is 0.418 e. The normalized spacial score (nSPS) is 13.1. The fourth-order valence-electron chi connectivity index (χ4n) is 3.07. The molecule has 0 aliphatic rings. The van der Waals surface area contributed by atoms with Crippen LogP contribution in [0.3, 0.4) is 0 Å². The lowest BCUT2D eigenvalue weighted by Gasteiger charge is -2.18. The van der Waals surface area contributed by atoms with Crippen LogP contribution in [0.1, 0.15) is 60.2 Å². The Kier molecular flexibility index (Phi) is 5.93. The van der Waals surface area contributed by atoms with Crippen LogP contribution < -0.4 is 5.32 Å². The van der Waals surface area contributed by atoms with E-state index >= 15 is 0 Å². The first kappa shape index (κ1) is 19.1. The fraction of sp³-hybridized carbons (Fsp3) is 0.421. The van der Waals surface area contributed by atoms with Crippen LogP contribution in [0, 0.1) is 5.92 Å². The Morgan fingerprint density at radius 1 is 1.16 bits per heavy atom. The quantitative estimate of drug-likeness (QED) is 0.745. The lowest BCUT2D eigenvalue weighted by Crippen LogP contribution is -2.25. The molecule has 1 amide bonds. The van der Waals surface area contributed by atoms with Crippen molar-refractivity contribution in [2.45, 2.75) is 45.8 Å². The average molecular weight is 352 g/mol. The predicted molar refractivity (Wildman–Crippen MR) is 91.3 cm³/mol. The molecule has 0 saturated carbocycles. The highest BCUT2D eigenvalue weighted by atomic mass is 19.4. The molecule has 0 fully saturated rings. The molecule has 0 aliphatic carbocycles. The smallest absolute Gasteiger partial charge is 0.366 e. The molecule has 0 bridgehead atoms. The second kappa shape index (κ2) is 7.76. The van der Waals surface area contributed by atoms with Gasteiger partial charge in [0.05, 0.1) is 11.1 Å². The Morgan fingerprint density at radius 3 is 2.48 bits per heavy atom. The number of H-pyrrole nitrogens is 1. The van der Waals surface area contributed by atoms with E-state index in [9.17, 15) is 18.0 Å². The van der Waals surface area contributed by atoms with Crippen LogP contribution in [0.5, 0.6) is 0 Å². The van der Waals surface area contributed by atoms with Crippen molar-refractivity contribution in [2.75, 3.05) is 0 Å². The minimum Gasteiger partial charge on any atom is -0.366 e. The number of aromatic nitrogens is 1. The summed E-state index contributed by atoms with van der Waals surface area (Å²) >= 11 is 0. The third-order valence-corrected chi connectivity index (χ3v) is 4.15. The zero-order valence-corrected chi connectivity index (χ0v) is 14.6. The molecule has 2 N–H and O–H groups in total. The minimum atomic E-state index is -4.56. The highest BCUT2D eigenvalue weighted by Crippen LogP contribution is 2.32. The van der Waals surface area contributed by atoms with Gasteiger partial charge >= 0.3 is 6.18 Å². The number of carbonyl (C=O) groups is 1. The van der Waals surface area contributed by atoms with Gasteiger partial charge in [0, 0.05) is 18.9 Å². The number of rotatable bonds is 6. The number of halogens is 3.